The second-order valence-electron chi connectivity index (χ2n) is 6.12. The molecule has 0 N–H and O–H groups in total. The van der Waals surface area contributed by atoms with E-state index in [2.05, 4.69) is 31.8 Å². The van der Waals surface area contributed by atoms with Crippen LogP contribution in [0, 0.1) is 0 Å². The van der Waals surface area contributed by atoms with E-state index in [1.807, 2.05) is 10.9 Å². The highest BCUT2D eigenvalue weighted by Crippen LogP contribution is 2.31. The molecule has 4 heterocycles. The van der Waals surface area contributed by atoms with Gasteiger partial charge in [0.1, 0.15) is 6.23 Å². The molecule has 8 heteroatoms. The van der Waals surface area contributed by atoms with E-state index in [1.54, 1.807) is 7.11 Å². The van der Waals surface area contributed by atoms with Gasteiger partial charge in [0.2, 0.25) is 0 Å². The van der Waals surface area contributed by atoms with E-state index in [9.17, 15) is 0 Å². The lowest BCUT2D eigenvalue weighted by Gasteiger charge is -2.33. The molecule has 23 heavy (non-hydrogen) atoms. The van der Waals surface area contributed by atoms with Crippen molar-refractivity contribution >= 4 is 17.0 Å². The lowest BCUT2D eigenvalue weighted by molar-refractivity contribution is 0.0592. The fraction of sp³-hybridized carbons (Fsp3) is 0.667. The normalized spacial score (nSPS) is 22.9. The van der Waals surface area contributed by atoms with Crippen molar-refractivity contribution in [2.24, 2.45) is 0 Å². The number of hydrogen-bond acceptors (Lipinski definition) is 7. The highest BCUT2D eigenvalue weighted by Gasteiger charge is 2.25. The van der Waals surface area contributed by atoms with Crippen molar-refractivity contribution in [3.8, 4) is 6.01 Å². The third-order valence-corrected chi connectivity index (χ3v) is 4.58. The minimum Gasteiger partial charge on any atom is -0.467 e. The molecule has 0 amide bonds. The molecule has 8 nitrogen and oxygen atoms in total. The van der Waals surface area contributed by atoms with Crippen LogP contribution in [0.1, 0.15) is 19.1 Å². The zero-order valence-electron chi connectivity index (χ0n) is 13.6. The number of piperazine rings is 1. The van der Waals surface area contributed by atoms with Crippen molar-refractivity contribution in [1.82, 2.24) is 24.4 Å². The van der Waals surface area contributed by atoms with Crippen LogP contribution in [-0.2, 0) is 4.74 Å². The Hall–Kier alpha value is -1.93. The third-order valence-electron chi connectivity index (χ3n) is 4.58. The number of nitrogens with zero attached hydrogens (tertiary/aromatic N) is 6. The van der Waals surface area contributed by atoms with E-state index >= 15 is 0 Å². The highest BCUT2D eigenvalue weighted by molar-refractivity contribution is 5.84. The summed E-state index contributed by atoms with van der Waals surface area (Å²) in [4.78, 5) is 18.2. The molecule has 2 saturated heterocycles. The first-order valence-corrected chi connectivity index (χ1v) is 8.10. The average molecular weight is 318 g/mol. The topological polar surface area (TPSA) is 68.5 Å². The van der Waals surface area contributed by atoms with Gasteiger partial charge in [0.25, 0.3) is 0 Å². The van der Waals surface area contributed by atoms with Gasteiger partial charge in [-0.25, -0.2) is 4.98 Å². The zero-order valence-corrected chi connectivity index (χ0v) is 13.6. The van der Waals surface area contributed by atoms with E-state index in [0.717, 1.165) is 62.6 Å². The number of ether oxygens (including phenoxy) is 2. The van der Waals surface area contributed by atoms with E-state index in [0.29, 0.717) is 6.01 Å². The minimum atomic E-state index is 0.0138. The summed E-state index contributed by atoms with van der Waals surface area (Å²) in [6.07, 6.45) is 3.88. The first kappa shape index (κ1) is 14.6. The lowest BCUT2D eigenvalue weighted by Crippen LogP contribution is -2.45. The van der Waals surface area contributed by atoms with Gasteiger partial charge in [0, 0.05) is 32.8 Å². The van der Waals surface area contributed by atoms with Crippen molar-refractivity contribution in [1.29, 1.82) is 0 Å². The molecule has 0 spiro atoms. The molecule has 124 valence electrons. The Bertz CT molecular complexity index is 689. The first-order valence-electron chi connectivity index (χ1n) is 8.10. The number of methoxy groups -OCH3 is 1. The molecule has 0 saturated carbocycles. The molecule has 4 rings (SSSR count). The molecule has 2 aliphatic heterocycles. The van der Waals surface area contributed by atoms with Crippen LogP contribution in [0.15, 0.2) is 6.33 Å². The van der Waals surface area contributed by atoms with Gasteiger partial charge >= 0.3 is 6.01 Å². The molecular formula is C15H22N6O2. The van der Waals surface area contributed by atoms with Crippen LogP contribution in [0.3, 0.4) is 0 Å². The number of anilines is 1. The van der Waals surface area contributed by atoms with Crippen molar-refractivity contribution < 1.29 is 9.47 Å². The largest absolute Gasteiger partial charge is 0.467 e. The van der Waals surface area contributed by atoms with E-state index in [4.69, 9.17) is 9.47 Å². The maximum absolute atomic E-state index is 5.78. The Morgan fingerprint density at radius 2 is 2.04 bits per heavy atom. The van der Waals surface area contributed by atoms with Gasteiger partial charge in [0.05, 0.1) is 13.4 Å². The molecule has 2 aliphatic rings. The number of aromatic nitrogens is 4. The summed E-state index contributed by atoms with van der Waals surface area (Å²) in [5.74, 6) is 0.858. The molecule has 0 aromatic carbocycles. The van der Waals surface area contributed by atoms with E-state index in [1.165, 1.54) is 0 Å². The molecule has 2 fully saturated rings. The van der Waals surface area contributed by atoms with Crippen LogP contribution in [0.5, 0.6) is 6.01 Å². The second kappa shape index (κ2) is 5.93. The van der Waals surface area contributed by atoms with Gasteiger partial charge in [-0.05, 0) is 19.9 Å². The molecule has 2 aromatic heterocycles. The van der Waals surface area contributed by atoms with Gasteiger partial charge in [-0.3, -0.25) is 4.57 Å². The van der Waals surface area contributed by atoms with Gasteiger partial charge in [-0.15, -0.1) is 0 Å². The molecule has 0 bridgehead atoms. The Labute approximate surface area is 135 Å². The van der Waals surface area contributed by atoms with Gasteiger partial charge < -0.3 is 19.3 Å². The molecule has 0 radical (unpaired) electrons. The Balaban J connectivity index is 1.77. The predicted molar refractivity (Wildman–Crippen MR) is 85.8 cm³/mol. The number of fused-ring (bicyclic) bond motifs is 1. The first-order chi connectivity index (χ1) is 11.3. The monoisotopic (exact) mass is 318 g/mol. The molecule has 0 aliphatic carbocycles. The van der Waals surface area contributed by atoms with E-state index < -0.39 is 0 Å². The predicted octanol–water partition coefficient (Wildman–Crippen LogP) is 0.896. The smallest absolute Gasteiger partial charge is 0.320 e. The zero-order chi connectivity index (χ0) is 15.8. The minimum absolute atomic E-state index is 0.0138. The number of likely N-dealkylation sites (N-methyl/N-ethyl adjacent to an activating group) is 1. The van der Waals surface area contributed by atoms with Gasteiger partial charge in [-0.1, -0.05) is 0 Å². The summed E-state index contributed by atoms with van der Waals surface area (Å²) in [7, 11) is 3.74. The summed E-state index contributed by atoms with van der Waals surface area (Å²) in [5.41, 5.74) is 1.61. The maximum atomic E-state index is 5.78. The summed E-state index contributed by atoms with van der Waals surface area (Å²) < 4.78 is 13.1. The number of hydrogen-bond donors (Lipinski definition) is 0. The third kappa shape index (κ3) is 2.61. The van der Waals surface area contributed by atoms with Crippen molar-refractivity contribution in [2.45, 2.75) is 19.1 Å². The summed E-state index contributed by atoms with van der Waals surface area (Å²) >= 11 is 0. The molecule has 1 atom stereocenters. The molecular weight excluding hydrogens is 296 g/mol. The fourth-order valence-electron chi connectivity index (χ4n) is 3.20. The van der Waals surface area contributed by atoms with Crippen LogP contribution >= 0.6 is 0 Å². The van der Waals surface area contributed by atoms with Crippen molar-refractivity contribution in [3.05, 3.63) is 6.33 Å². The van der Waals surface area contributed by atoms with Crippen LogP contribution < -0.4 is 9.64 Å². The van der Waals surface area contributed by atoms with Crippen molar-refractivity contribution in [2.75, 3.05) is 51.8 Å². The summed E-state index contributed by atoms with van der Waals surface area (Å²) in [6.45, 7) is 4.68. The molecule has 2 aromatic rings. The average Bonchev–Trinajstić information content (AvgIpc) is 3.23. The summed E-state index contributed by atoms with van der Waals surface area (Å²) in [5, 5.41) is 0. The molecule has 0 unspecified atom stereocenters. The second-order valence-corrected chi connectivity index (χ2v) is 6.12. The van der Waals surface area contributed by atoms with Gasteiger partial charge in [-0.2, -0.15) is 9.97 Å². The Morgan fingerprint density at radius 3 is 2.74 bits per heavy atom. The lowest BCUT2D eigenvalue weighted by atomic mass is 10.3. The Kier molecular flexibility index (Phi) is 3.78. The van der Waals surface area contributed by atoms with Crippen LogP contribution in [-0.4, -0.2) is 71.4 Å². The standard InChI is InChI=1S/C15H22N6O2/c1-19-5-7-20(8-6-19)13-12-14(18-15(17-13)22-2)21(10-16-12)11-4-3-9-23-11/h10-11H,3-9H2,1-2H3/t11-/m0/s1. The number of imidazole rings is 1. The van der Waals surface area contributed by atoms with Crippen LogP contribution in [0.2, 0.25) is 0 Å². The number of rotatable bonds is 3. The van der Waals surface area contributed by atoms with Crippen LogP contribution in [0.25, 0.3) is 11.2 Å². The van der Waals surface area contributed by atoms with Crippen LogP contribution in [0.4, 0.5) is 5.82 Å². The van der Waals surface area contributed by atoms with Gasteiger partial charge in [0.15, 0.2) is 17.0 Å². The van der Waals surface area contributed by atoms with Crippen molar-refractivity contribution in [3.63, 3.8) is 0 Å². The van der Waals surface area contributed by atoms with E-state index in [-0.39, 0.29) is 6.23 Å². The quantitative estimate of drug-likeness (QED) is 0.832. The fourth-order valence-corrected chi connectivity index (χ4v) is 3.20. The highest BCUT2D eigenvalue weighted by atomic mass is 16.5. The maximum Gasteiger partial charge on any atom is 0.320 e. The summed E-state index contributed by atoms with van der Waals surface area (Å²) in [6, 6.07) is 0.381. The SMILES string of the molecule is COc1nc(N2CCN(C)CC2)c2ncn([C@@H]3CCCO3)c2n1. The Morgan fingerprint density at radius 1 is 1.22 bits per heavy atom.